The SMILES string of the molecule is CC1(C)CCCC(NC(=O)NCC(=O)NCC(=O)O)C1. The molecule has 20 heavy (non-hydrogen) atoms. The zero-order valence-corrected chi connectivity index (χ0v) is 12.0. The second-order valence-corrected chi connectivity index (χ2v) is 5.95. The zero-order valence-electron chi connectivity index (χ0n) is 12.0. The Labute approximate surface area is 118 Å². The molecule has 0 heterocycles. The van der Waals surface area contributed by atoms with Crippen LogP contribution in [0.1, 0.15) is 39.5 Å². The van der Waals surface area contributed by atoms with Crippen molar-refractivity contribution in [2.45, 2.75) is 45.6 Å². The lowest BCUT2D eigenvalue weighted by atomic mass is 9.75. The minimum absolute atomic E-state index is 0.126. The van der Waals surface area contributed by atoms with Gasteiger partial charge in [0.1, 0.15) is 6.54 Å². The number of carbonyl (C=O) groups is 3. The molecule has 7 heteroatoms. The Bertz CT molecular complexity index is 382. The predicted octanol–water partition coefficient (Wildman–Crippen LogP) is 0.455. The molecule has 114 valence electrons. The third-order valence-electron chi connectivity index (χ3n) is 3.39. The van der Waals surface area contributed by atoms with Crippen molar-refractivity contribution in [3.8, 4) is 0 Å². The lowest BCUT2D eigenvalue weighted by Crippen LogP contribution is -2.48. The van der Waals surface area contributed by atoms with Gasteiger partial charge in [-0.15, -0.1) is 0 Å². The Hall–Kier alpha value is -1.79. The minimum Gasteiger partial charge on any atom is -0.480 e. The standard InChI is InChI=1S/C13H23N3O4/c1-13(2)5-3-4-9(6-13)16-12(20)15-7-10(17)14-8-11(18)19/h9H,3-8H2,1-2H3,(H,14,17)(H,18,19)(H2,15,16,20). The summed E-state index contributed by atoms with van der Waals surface area (Å²) in [5.41, 5.74) is 0.231. The van der Waals surface area contributed by atoms with E-state index >= 15 is 0 Å². The molecule has 1 saturated carbocycles. The summed E-state index contributed by atoms with van der Waals surface area (Å²) in [6.07, 6.45) is 4.11. The molecule has 0 aliphatic heterocycles. The molecule has 1 aliphatic rings. The molecule has 1 rings (SSSR count). The first-order valence-corrected chi connectivity index (χ1v) is 6.81. The minimum atomic E-state index is -1.12. The maximum absolute atomic E-state index is 11.6. The molecule has 0 saturated heterocycles. The van der Waals surface area contributed by atoms with Crippen LogP contribution in [0.15, 0.2) is 0 Å². The van der Waals surface area contributed by atoms with Crippen molar-refractivity contribution in [2.24, 2.45) is 5.41 Å². The average Bonchev–Trinajstić information content (AvgIpc) is 2.32. The van der Waals surface area contributed by atoms with E-state index in [4.69, 9.17) is 5.11 Å². The van der Waals surface area contributed by atoms with E-state index in [9.17, 15) is 14.4 Å². The first-order chi connectivity index (χ1) is 9.28. The van der Waals surface area contributed by atoms with Gasteiger partial charge in [-0.25, -0.2) is 4.79 Å². The van der Waals surface area contributed by atoms with Crippen molar-refractivity contribution in [3.63, 3.8) is 0 Å². The van der Waals surface area contributed by atoms with Gasteiger partial charge >= 0.3 is 12.0 Å². The van der Waals surface area contributed by atoms with E-state index in [1.807, 2.05) is 0 Å². The third-order valence-corrected chi connectivity index (χ3v) is 3.39. The number of aliphatic carboxylic acids is 1. The second-order valence-electron chi connectivity index (χ2n) is 5.95. The highest BCUT2D eigenvalue weighted by atomic mass is 16.4. The van der Waals surface area contributed by atoms with Gasteiger partial charge < -0.3 is 21.1 Å². The van der Waals surface area contributed by atoms with Gasteiger partial charge in [-0.3, -0.25) is 9.59 Å². The molecule has 3 amide bonds. The predicted molar refractivity (Wildman–Crippen MR) is 73.2 cm³/mol. The first-order valence-electron chi connectivity index (χ1n) is 6.81. The molecular weight excluding hydrogens is 262 g/mol. The van der Waals surface area contributed by atoms with Gasteiger partial charge in [0, 0.05) is 6.04 Å². The number of carboxylic acids is 1. The van der Waals surface area contributed by atoms with Gasteiger partial charge in [0.15, 0.2) is 0 Å². The number of nitrogens with one attached hydrogen (secondary N) is 3. The molecule has 0 aromatic rings. The lowest BCUT2D eigenvalue weighted by Gasteiger charge is -2.35. The highest BCUT2D eigenvalue weighted by molar-refractivity contribution is 5.86. The summed E-state index contributed by atoms with van der Waals surface area (Å²) < 4.78 is 0. The van der Waals surface area contributed by atoms with E-state index in [0.717, 1.165) is 25.7 Å². The van der Waals surface area contributed by atoms with Crippen molar-refractivity contribution >= 4 is 17.9 Å². The van der Waals surface area contributed by atoms with E-state index in [-0.39, 0.29) is 18.0 Å². The molecule has 1 aliphatic carbocycles. The van der Waals surface area contributed by atoms with Gasteiger partial charge in [0.05, 0.1) is 6.54 Å². The maximum Gasteiger partial charge on any atom is 0.322 e. The first kappa shape index (κ1) is 16.3. The largest absolute Gasteiger partial charge is 0.480 e. The molecule has 0 aromatic carbocycles. The molecular formula is C13H23N3O4. The lowest BCUT2D eigenvalue weighted by molar-refractivity contribution is -0.137. The number of hydrogen-bond acceptors (Lipinski definition) is 3. The quantitative estimate of drug-likeness (QED) is 0.588. The summed E-state index contributed by atoms with van der Waals surface area (Å²) >= 11 is 0. The van der Waals surface area contributed by atoms with Crippen molar-refractivity contribution in [2.75, 3.05) is 13.1 Å². The second kappa shape index (κ2) is 7.12. The molecule has 0 spiro atoms. The fourth-order valence-corrected chi connectivity index (χ4v) is 2.46. The number of amides is 3. The molecule has 1 atom stereocenters. The Morgan fingerprint density at radius 2 is 1.90 bits per heavy atom. The normalized spacial score (nSPS) is 20.8. The summed E-state index contributed by atoms with van der Waals surface area (Å²) in [5.74, 6) is -1.64. The number of hydrogen-bond donors (Lipinski definition) is 4. The van der Waals surface area contributed by atoms with Gasteiger partial charge in [0.2, 0.25) is 5.91 Å². The van der Waals surface area contributed by atoms with Crippen LogP contribution in [0.2, 0.25) is 0 Å². The van der Waals surface area contributed by atoms with Crippen LogP contribution in [0.3, 0.4) is 0 Å². The van der Waals surface area contributed by atoms with Crippen molar-refractivity contribution in [3.05, 3.63) is 0 Å². The Kier molecular flexibility index (Phi) is 5.79. The Balaban J connectivity index is 2.23. The van der Waals surface area contributed by atoms with E-state index in [0.29, 0.717) is 0 Å². The smallest absolute Gasteiger partial charge is 0.322 e. The van der Waals surface area contributed by atoms with Crippen LogP contribution < -0.4 is 16.0 Å². The number of carbonyl (C=O) groups excluding carboxylic acids is 2. The van der Waals surface area contributed by atoms with Crippen LogP contribution in [-0.2, 0) is 9.59 Å². The average molecular weight is 285 g/mol. The molecule has 0 aromatic heterocycles. The molecule has 4 N–H and O–H groups in total. The highest BCUT2D eigenvalue weighted by Crippen LogP contribution is 2.34. The van der Waals surface area contributed by atoms with Crippen LogP contribution in [0.4, 0.5) is 4.79 Å². The number of rotatable bonds is 5. The van der Waals surface area contributed by atoms with Crippen LogP contribution >= 0.6 is 0 Å². The van der Waals surface area contributed by atoms with Crippen LogP contribution in [-0.4, -0.2) is 42.1 Å². The summed E-state index contributed by atoms with van der Waals surface area (Å²) in [6.45, 7) is 3.68. The summed E-state index contributed by atoms with van der Waals surface area (Å²) in [4.78, 5) is 33.1. The van der Waals surface area contributed by atoms with Crippen molar-refractivity contribution in [1.82, 2.24) is 16.0 Å². The van der Waals surface area contributed by atoms with Gasteiger partial charge in [-0.05, 0) is 24.7 Å². The van der Waals surface area contributed by atoms with Crippen molar-refractivity contribution in [1.29, 1.82) is 0 Å². The molecule has 1 unspecified atom stereocenters. The van der Waals surface area contributed by atoms with Crippen LogP contribution in [0, 0.1) is 5.41 Å². The monoisotopic (exact) mass is 285 g/mol. The van der Waals surface area contributed by atoms with E-state index in [2.05, 4.69) is 29.8 Å². The topological polar surface area (TPSA) is 108 Å². The van der Waals surface area contributed by atoms with Gasteiger partial charge in [-0.2, -0.15) is 0 Å². The third kappa shape index (κ3) is 6.40. The maximum atomic E-state index is 11.6. The molecule has 1 fully saturated rings. The fourth-order valence-electron chi connectivity index (χ4n) is 2.46. The van der Waals surface area contributed by atoms with Gasteiger partial charge in [0.25, 0.3) is 0 Å². The Morgan fingerprint density at radius 1 is 1.20 bits per heavy atom. The Morgan fingerprint density at radius 3 is 2.50 bits per heavy atom. The number of carboxylic acid groups (broad SMARTS) is 1. The van der Waals surface area contributed by atoms with E-state index in [1.54, 1.807) is 0 Å². The zero-order chi connectivity index (χ0) is 15.2. The van der Waals surface area contributed by atoms with Crippen molar-refractivity contribution < 1.29 is 19.5 Å². The molecule has 7 nitrogen and oxygen atoms in total. The summed E-state index contributed by atoms with van der Waals surface area (Å²) in [6, 6.07) is -0.265. The summed E-state index contributed by atoms with van der Waals surface area (Å²) in [7, 11) is 0. The van der Waals surface area contributed by atoms with Crippen LogP contribution in [0.25, 0.3) is 0 Å². The molecule has 0 radical (unpaired) electrons. The summed E-state index contributed by atoms with van der Waals surface area (Å²) in [5, 5.41) is 15.8. The number of urea groups is 1. The van der Waals surface area contributed by atoms with E-state index in [1.165, 1.54) is 0 Å². The fraction of sp³-hybridized carbons (Fsp3) is 0.769. The van der Waals surface area contributed by atoms with Crippen LogP contribution in [0.5, 0.6) is 0 Å². The van der Waals surface area contributed by atoms with Gasteiger partial charge in [-0.1, -0.05) is 20.3 Å². The molecule has 0 bridgehead atoms. The highest BCUT2D eigenvalue weighted by Gasteiger charge is 2.28. The van der Waals surface area contributed by atoms with E-state index < -0.39 is 24.5 Å².